The number of hydrogen-bond acceptors (Lipinski definition) is 2. The van der Waals surface area contributed by atoms with Crippen LogP contribution in [0.2, 0.25) is 0 Å². The molecule has 4 heteroatoms. The van der Waals surface area contributed by atoms with E-state index in [2.05, 4.69) is 15.9 Å². The second kappa shape index (κ2) is 7.28. The lowest BCUT2D eigenvalue weighted by Gasteiger charge is -2.21. The monoisotopic (exact) mass is 291 g/mol. The molecule has 1 saturated carbocycles. The molecule has 1 unspecified atom stereocenters. The molecule has 16 heavy (non-hydrogen) atoms. The van der Waals surface area contributed by atoms with Gasteiger partial charge in [0.15, 0.2) is 0 Å². The zero-order chi connectivity index (χ0) is 12.0. The summed E-state index contributed by atoms with van der Waals surface area (Å²) in [5.74, 6) is 0.901. The molecule has 1 aliphatic carbocycles. The van der Waals surface area contributed by atoms with Gasteiger partial charge in [-0.2, -0.15) is 0 Å². The van der Waals surface area contributed by atoms with Crippen molar-refractivity contribution >= 4 is 21.8 Å². The fraction of sp³-hybridized carbons (Fsp3) is 0.917. The number of hydrogen-bond donors (Lipinski definition) is 0. The van der Waals surface area contributed by atoms with Gasteiger partial charge in [0.05, 0.1) is 11.4 Å². The van der Waals surface area contributed by atoms with Crippen LogP contribution in [0.5, 0.6) is 0 Å². The highest BCUT2D eigenvalue weighted by atomic mass is 79.9. The average Bonchev–Trinajstić information content (AvgIpc) is 2.70. The minimum atomic E-state index is 0.232. The topological polar surface area (TPSA) is 29.5 Å². The third kappa shape index (κ3) is 4.83. The minimum absolute atomic E-state index is 0.232. The Hall–Kier alpha value is -0.0900. The van der Waals surface area contributed by atoms with Crippen LogP contribution in [0.15, 0.2) is 0 Å². The molecule has 3 nitrogen and oxygen atoms in total. The maximum absolute atomic E-state index is 11.9. The first kappa shape index (κ1) is 14.0. The molecule has 0 aromatic carbocycles. The number of methoxy groups -OCH3 is 1. The van der Waals surface area contributed by atoms with E-state index < -0.39 is 0 Å². The first-order valence-electron chi connectivity index (χ1n) is 6.00. The maximum atomic E-state index is 11.9. The lowest BCUT2D eigenvalue weighted by molar-refractivity contribution is -0.130. The van der Waals surface area contributed by atoms with Gasteiger partial charge in [0.25, 0.3) is 0 Å². The molecular formula is C12H22BrNO2. The van der Waals surface area contributed by atoms with Gasteiger partial charge in [-0.3, -0.25) is 4.79 Å². The highest BCUT2D eigenvalue weighted by Crippen LogP contribution is 2.27. The van der Waals surface area contributed by atoms with E-state index in [1.165, 1.54) is 25.7 Å². The van der Waals surface area contributed by atoms with Crippen LogP contribution in [0.3, 0.4) is 0 Å². The number of halogens is 1. The number of amides is 1. The van der Waals surface area contributed by atoms with Crippen molar-refractivity contribution in [2.24, 2.45) is 5.92 Å². The molecule has 0 spiro atoms. The summed E-state index contributed by atoms with van der Waals surface area (Å²) in [6.07, 6.45) is 5.78. The normalized spacial score (nSPS) is 18.7. The second-order valence-electron chi connectivity index (χ2n) is 4.68. The van der Waals surface area contributed by atoms with Crippen LogP contribution in [0.25, 0.3) is 0 Å². The summed E-state index contributed by atoms with van der Waals surface area (Å²) in [4.78, 5) is 14.0. The average molecular weight is 292 g/mol. The summed E-state index contributed by atoms with van der Waals surface area (Å²) in [5.41, 5.74) is 0. The van der Waals surface area contributed by atoms with E-state index in [9.17, 15) is 4.79 Å². The van der Waals surface area contributed by atoms with Gasteiger partial charge < -0.3 is 9.64 Å². The molecule has 0 aromatic heterocycles. The Bertz CT molecular complexity index is 217. The molecule has 0 aromatic rings. The van der Waals surface area contributed by atoms with Gasteiger partial charge in [-0.25, -0.2) is 0 Å². The smallest absolute Gasteiger partial charge is 0.222 e. The van der Waals surface area contributed by atoms with Crippen molar-refractivity contribution in [3.8, 4) is 0 Å². The van der Waals surface area contributed by atoms with Crippen molar-refractivity contribution < 1.29 is 9.53 Å². The molecular weight excluding hydrogens is 270 g/mol. The molecule has 0 N–H and O–H groups in total. The van der Waals surface area contributed by atoms with Gasteiger partial charge in [0, 0.05) is 27.1 Å². The number of carbonyl (C=O) groups excluding carboxylic acids is 1. The standard InChI is InChI=1S/C12H22BrNO2/c1-14(8-11(13)9-16-2)12(15)7-10-5-3-4-6-10/h10-11H,3-9H2,1-2H3. The Morgan fingerprint density at radius 2 is 2.12 bits per heavy atom. The predicted octanol–water partition coefficient (Wildman–Crippen LogP) is 2.44. The highest BCUT2D eigenvalue weighted by molar-refractivity contribution is 9.09. The molecule has 1 aliphatic rings. The van der Waals surface area contributed by atoms with Crippen LogP contribution >= 0.6 is 15.9 Å². The Morgan fingerprint density at radius 3 is 2.69 bits per heavy atom. The highest BCUT2D eigenvalue weighted by Gasteiger charge is 2.21. The Balaban J connectivity index is 2.23. The fourth-order valence-electron chi connectivity index (χ4n) is 2.25. The number of ether oxygens (including phenoxy) is 1. The molecule has 94 valence electrons. The zero-order valence-corrected chi connectivity index (χ0v) is 11.8. The minimum Gasteiger partial charge on any atom is -0.383 e. The SMILES string of the molecule is COCC(Br)CN(C)C(=O)CC1CCCC1. The molecule has 1 rings (SSSR count). The van der Waals surface area contributed by atoms with E-state index in [0.717, 1.165) is 13.0 Å². The Labute approximate surface area is 107 Å². The van der Waals surface area contributed by atoms with E-state index in [1.807, 2.05) is 11.9 Å². The molecule has 0 heterocycles. The lowest BCUT2D eigenvalue weighted by Crippen LogP contribution is -2.34. The Kier molecular flexibility index (Phi) is 6.36. The van der Waals surface area contributed by atoms with Crippen LogP contribution in [-0.2, 0) is 9.53 Å². The number of rotatable bonds is 6. The second-order valence-corrected chi connectivity index (χ2v) is 5.98. The summed E-state index contributed by atoms with van der Waals surface area (Å²) < 4.78 is 5.03. The summed E-state index contributed by atoms with van der Waals surface area (Å²) in [6.45, 7) is 1.36. The van der Waals surface area contributed by atoms with Crippen LogP contribution in [0, 0.1) is 5.92 Å². The summed E-state index contributed by atoms with van der Waals surface area (Å²) in [6, 6.07) is 0. The maximum Gasteiger partial charge on any atom is 0.222 e. The summed E-state index contributed by atoms with van der Waals surface area (Å²) >= 11 is 3.50. The summed E-state index contributed by atoms with van der Waals surface area (Å²) in [7, 11) is 3.55. The van der Waals surface area contributed by atoms with Gasteiger partial charge in [-0.15, -0.1) is 0 Å². The third-order valence-corrected chi connectivity index (χ3v) is 3.74. The molecule has 0 bridgehead atoms. The molecule has 1 fully saturated rings. The first-order valence-corrected chi connectivity index (χ1v) is 6.92. The van der Waals surface area contributed by atoms with E-state index in [0.29, 0.717) is 12.5 Å². The van der Waals surface area contributed by atoms with Gasteiger partial charge in [0.1, 0.15) is 0 Å². The van der Waals surface area contributed by atoms with Crippen molar-refractivity contribution in [3.63, 3.8) is 0 Å². The van der Waals surface area contributed by atoms with Gasteiger partial charge >= 0.3 is 0 Å². The van der Waals surface area contributed by atoms with Gasteiger partial charge in [0.2, 0.25) is 5.91 Å². The van der Waals surface area contributed by atoms with Crippen molar-refractivity contribution in [2.75, 3.05) is 27.3 Å². The molecule has 0 saturated heterocycles. The first-order chi connectivity index (χ1) is 7.63. The molecule has 1 atom stereocenters. The van der Waals surface area contributed by atoms with Crippen LogP contribution < -0.4 is 0 Å². The number of nitrogens with zero attached hydrogens (tertiary/aromatic N) is 1. The van der Waals surface area contributed by atoms with Gasteiger partial charge in [-0.05, 0) is 18.8 Å². The molecule has 0 aliphatic heterocycles. The van der Waals surface area contributed by atoms with E-state index in [4.69, 9.17) is 4.74 Å². The fourth-order valence-corrected chi connectivity index (χ4v) is 2.95. The van der Waals surface area contributed by atoms with Crippen molar-refractivity contribution in [1.29, 1.82) is 0 Å². The largest absolute Gasteiger partial charge is 0.383 e. The number of carbonyl (C=O) groups is 1. The van der Waals surface area contributed by atoms with Crippen molar-refractivity contribution in [3.05, 3.63) is 0 Å². The quantitative estimate of drug-likeness (QED) is 0.704. The predicted molar refractivity (Wildman–Crippen MR) is 68.8 cm³/mol. The third-order valence-electron chi connectivity index (χ3n) is 3.18. The molecule has 0 radical (unpaired) electrons. The van der Waals surface area contributed by atoms with Crippen molar-refractivity contribution in [2.45, 2.75) is 36.9 Å². The van der Waals surface area contributed by atoms with Gasteiger partial charge in [-0.1, -0.05) is 28.8 Å². The number of alkyl halides is 1. The summed E-state index contributed by atoms with van der Waals surface area (Å²) in [5, 5.41) is 0. The molecule has 1 amide bonds. The zero-order valence-electron chi connectivity index (χ0n) is 10.2. The van der Waals surface area contributed by atoms with E-state index in [1.54, 1.807) is 7.11 Å². The lowest BCUT2D eigenvalue weighted by atomic mass is 10.0. The van der Waals surface area contributed by atoms with Crippen LogP contribution in [-0.4, -0.2) is 42.9 Å². The van der Waals surface area contributed by atoms with Crippen LogP contribution in [0.4, 0.5) is 0 Å². The van der Waals surface area contributed by atoms with E-state index >= 15 is 0 Å². The van der Waals surface area contributed by atoms with Crippen LogP contribution in [0.1, 0.15) is 32.1 Å². The van der Waals surface area contributed by atoms with Crippen molar-refractivity contribution in [1.82, 2.24) is 4.90 Å². The Morgan fingerprint density at radius 1 is 1.50 bits per heavy atom. The van der Waals surface area contributed by atoms with E-state index in [-0.39, 0.29) is 10.7 Å².